The van der Waals surface area contributed by atoms with Crippen LogP contribution in [0.5, 0.6) is 0 Å². The highest BCUT2D eigenvalue weighted by molar-refractivity contribution is 7.77. The van der Waals surface area contributed by atoms with Gasteiger partial charge in [-0.3, -0.25) is 4.21 Å². The number of aryl methyl sites for hydroxylation is 1. The van der Waals surface area contributed by atoms with Crippen LogP contribution in [0, 0.1) is 6.92 Å². The van der Waals surface area contributed by atoms with E-state index in [1.165, 1.54) is 0 Å². The van der Waals surface area contributed by atoms with Crippen LogP contribution in [0.25, 0.3) is 0 Å². The van der Waals surface area contributed by atoms with Crippen LogP contribution in [0.3, 0.4) is 0 Å². The highest BCUT2D eigenvalue weighted by atomic mass is 32.2. The first-order chi connectivity index (χ1) is 8.36. The quantitative estimate of drug-likeness (QED) is 0.540. The Hall–Kier alpha value is -1.11. The zero-order chi connectivity index (χ0) is 13.8. The summed E-state index contributed by atoms with van der Waals surface area (Å²) in [6.07, 6.45) is 0.696. The van der Waals surface area contributed by atoms with Crippen LogP contribution in [0.2, 0.25) is 0 Å². The van der Waals surface area contributed by atoms with E-state index in [2.05, 4.69) is 10.0 Å². The van der Waals surface area contributed by atoms with E-state index in [1.807, 2.05) is 39.0 Å². The van der Waals surface area contributed by atoms with Gasteiger partial charge < -0.3 is 15.6 Å². The van der Waals surface area contributed by atoms with E-state index in [4.69, 9.17) is 5.73 Å². The minimum atomic E-state index is -2.26. The van der Waals surface area contributed by atoms with Crippen molar-refractivity contribution in [1.82, 2.24) is 4.72 Å². The molecule has 18 heavy (non-hydrogen) atoms. The second-order valence-electron chi connectivity index (χ2n) is 4.68. The lowest BCUT2D eigenvalue weighted by Crippen LogP contribution is -2.48. The first kappa shape index (κ1) is 14.9. The van der Waals surface area contributed by atoms with Gasteiger partial charge in [-0.2, -0.15) is 0 Å². The second-order valence-corrected chi connectivity index (χ2v) is 5.35. The van der Waals surface area contributed by atoms with Gasteiger partial charge in [-0.25, -0.2) is 4.72 Å². The first-order valence-electron chi connectivity index (χ1n) is 5.83. The van der Waals surface area contributed by atoms with Gasteiger partial charge >= 0.3 is 0 Å². The minimum Gasteiger partial charge on any atom is -0.760 e. The molecule has 0 aromatic heterocycles. The number of benzene rings is 1. The summed E-state index contributed by atoms with van der Waals surface area (Å²) in [4.78, 5) is 0. The molecular weight excluding hydrogens is 250 g/mol. The van der Waals surface area contributed by atoms with Crippen LogP contribution in [-0.4, -0.2) is 20.8 Å². The molecule has 0 aliphatic carbocycles. The molecule has 102 valence electrons. The Kier molecular flexibility index (Phi) is 5.13. The Bertz CT molecular complexity index is 439. The SMILES string of the molecule is CCC(C)(CNc1ccc(N)c(C)c1)NS(=O)[O-]. The van der Waals surface area contributed by atoms with Gasteiger partial charge in [0.2, 0.25) is 0 Å². The van der Waals surface area contributed by atoms with Crippen LogP contribution >= 0.6 is 0 Å². The zero-order valence-corrected chi connectivity index (χ0v) is 11.8. The lowest BCUT2D eigenvalue weighted by molar-refractivity contribution is 0.409. The maximum Gasteiger partial charge on any atom is 0.0436 e. The normalized spacial score (nSPS) is 16.0. The Morgan fingerprint density at radius 2 is 2.17 bits per heavy atom. The Balaban J connectivity index is 2.67. The van der Waals surface area contributed by atoms with Crippen molar-refractivity contribution in [1.29, 1.82) is 0 Å². The number of nitrogen functional groups attached to an aromatic ring is 1. The molecule has 2 atom stereocenters. The van der Waals surface area contributed by atoms with Gasteiger partial charge in [-0.05, 0) is 44.0 Å². The molecule has 1 aromatic rings. The number of anilines is 2. The van der Waals surface area contributed by atoms with E-state index >= 15 is 0 Å². The van der Waals surface area contributed by atoms with Crippen molar-refractivity contribution in [2.24, 2.45) is 0 Å². The topological polar surface area (TPSA) is 90.2 Å². The lowest BCUT2D eigenvalue weighted by atomic mass is 10.0. The zero-order valence-electron chi connectivity index (χ0n) is 10.9. The fourth-order valence-electron chi connectivity index (χ4n) is 1.52. The molecule has 0 heterocycles. The summed E-state index contributed by atoms with van der Waals surface area (Å²) in [5, 5.41) is 3.22. The summed E-state index contributed by atoms with van der Waals surface area (Å²) in [5.74, 6) is 0. The van der Waals surface area contributed by atoms with E-state index < -0.39 is 16.8 Å². The molecule has 0 spiro atoms. The number of nitrogens with two attached hydrogens (primary N) is 1. The average molecular weight is 270 g/mol. The number of hydrogen-bond donors (Lipinski definition) is 3. The molecule has 0 fully saturated rings. The van der Waals surface area contributed by atoms with Gasteiger partial charge in [0.05, 0.1) is 0 Å². The van der Waals surface area contributed by atoms with Gasteiger partial charge in [0, 0.05) is 34.7 Å². The van der Waals surface area contributed by atoms with Crippen molar-refractivity contribution in [3.8, 4) is 0 Å². The highest BCUT2D eigenvalue weighted by Crippen LogP contribution is 2.18. The van der Waals surface area contributed by atoms with Crippen LogP contribution in [0.15, 0.2) is 18.2 Å². The van der Waals surface area contributed by atoms with Crippen LogP contribution in [-0.2, 0) is 11.3 Å². The summed E-state index contributed by atoms with van der Waals surface area (Å²) in [7, 11) is 0. The van der Waals surface area contributed by atoms with Crippen LogP contribution < -0.4 is 15.8 Å². The molecule has 2 unspecified atom stereocenters. The predicted octanol–water partition coefficient (Wildman–Crippen LogP) is 1.54. The van der Waals surface area contributed by atoms with Crippen molar-refractivity contribution in [3.05, 3.63) is 23.8 Å². The van der Waals surface area contributed by atoms with Gasteiger partial charge in [-0.15, -0.1) is 0 Å². The smallest absolute Gasteiger partial charge is 0.0436 e. The molecule has 0 aliphatic rings. The third-order valence-corrected chi connectivity index (χ3v) is 3.72. The number of nitrogens with one attached hydrogen (secondary N) is 2. The minimum absolute atomic E-state index is 0.498. The molecular formula is C12H20N3O2S-. The van der Waals surface area contributed by atoms with Gasteiger partial charge in [0.25, 0.3) is 0 Å². The highest BCUT2D eigenvalue weighted by Gasteiger charge is 2.21. The molecule has 0 bridgehead atoms. The second kappa shape index (κ2) is 6.17. The summed E-state index contributed by atoms with van der Waals surface area (Å²) in [6.45, 7) is 6.25. The molecule has 5 nitrogen and oxygen atoms in total. The van der Waals surface area contributed by atoms with Crippen molar-refractivity contribution >= 4 is 22.6 Å². The molecule has 1 rings (SSSR count). The monoisotopic (exact) mass is 270 g/mol. The van der Waals surface area contributed by atoms with Crippen molar-refractivity contribution in [2.75, 3.05) is 17.6 Å². The third kappa shape index (κ3) is 4.29. The number of hydrogen-bond acceptors (Lipinski definition) is 4. The van der Waals surface area contributed by atoms with Gasteiger partial charge in [0.15, 0.2) is 0 Å². The summed E-state index contributed by atoms with van der Waals surface area (Å²) in [6, 6.07) is 5.66. The molecule has 0 saturated carbocycles. The van der Waals surface area contributed by atoms with E-state index in [1.54, 1.807) is 0 Å². The van der Waals surface area contributed by atoms with Crippen LogP contribution in [0.1, 0.15) is 25.8 Å². The lowest BCUT2D eigenvalue weighted by Gasteiger charge is -2.31. The fraction of sp³-hybridized carbons (Fsp3) is 0.500. The van der Waals surface area contributed by atoms with Crippen molar-refractivity contribution in [2.45, 2.75) is 32.7 Å². The predicted molar refractivity (Wildman–Crippen MR) is 74.8 cm³/mol. The maximum atomic E-state index is 10.7. The van der Waals surface area contributed by atoms with Crippen LogP contribution in [0.4, 0.5) is 11.4 Å². The Morgan fingerprint density at radius 1 is 1.50 bits per heavy atom. The largest absolute Gasteiger partial charge is 0.760 e. The van der Waals surface area contributed by atoms with E-state index in [0.717, 1.165) is 16.9 Å². The van der Waals surface area contributed by atoms with Gasteiger partial charge in [-0.1, -0.05) is 6.92 Å². The summed E-state index contributed by atoms with van der Waals surface area (Å²) >= 11 is -2.26. The molecule has 1 aromatic carbocycles. The molecule has 4 N–H and O–H groups in total. The van der Waals surface area contributed by atoms with E-state index in [9.17, 15) is 8.76 Å². The standard InChI is InChI=1S/C12H21N3O2S/c1-4-12(3,15-18(16)17)8-14-10-5-6-11(13)9(2)7-10/h5-7,14-15H,4,8,13H2,1-3H3,(H,16,17)/p-1. The van der Waals surface area contributed by atoms with Crippen molar-refractivity contribution in [3.63, 3.8) is 0 Å². The molecule has 0 saturated heterocycles. The number of rotatable bonds is 6. The summed E-state index contributed by atoms with van der Waals surface area (Å²) in [5.41, 5.74) is 7.92. The maximum absolute atomic E-state index is 10.7. The third-order valence-electron chi connectivity index (χ3n) is 3.06. The molecule has 0 amide bonds. The molecule has 0 aliphatic heterocycles. The van der Waals surface area contributed by atoms with E-state index in [-0.39, 0.29) is 0 Å². The average Bonchev–Trinajstić information content (AvgIpc) is 2.30. The fourth-order valence-corrected chi connectivity index (χ4v) is 2.14. The van der Waals surface area contributed by atoms with Gasteiger partial charge in [0.1, 0.15) is 0 Å². The van der Waals surface area contributed by atoms with Crippen molar-refractivity contribution < 1.29 is 8.76 Å². The molecule has 6 heteroatoms. The molecule has 0 radical (unpaired) electrons. The first-order valence-corrected chi connectivity index (χ1v) is 6.91. The Morgan fingerprint density at radius 3 is 2.67 bits per heavy atom. The Labute approximate surface area is 111 Å². The van der Waals surface area contributed by atoms with E-state index in [0.29, 0.717) is 13.0 Å². The summed E-state index contributed by atoms with van der Waals surface area (Å²) < 4.78 is 24.0.